The van der Waals surface area contributed by atoms with Gasteiger partial charge in [-0.1, -0.05) is 0 Å². The fourth-order valence-corrected chi connectivity index (χ4v) is 3.49. The van der Waals surface area contributed by atoms with E-state index >= 15 is 0 Å². The third-order valence-electron chi connectivity index (χ3n) is 2.35. The van der Waals surface area contributed by atoms with Crippen LogP contribution in [0.2, 0.25) is 0 Å². The minimum Gasteiger partial charge on any atom is -0.491 e. The second kappa shape index (κ2) is 5.80. The number of hydrogen-bond donors (Lipinski definition) is 1. The molecule has 7 heteroatoms. The zero-order valence-corrected chi connectivity index (χ0v) is 13.1. The van der Waals surface area contributed by atoms with Crippen LogP contribution in [-0.4, -0.2) is 19.5 Å². The normalized spacial score (nSPS) is 11.6. The second-order valence-corrected chi connectivity index (χ2v) is 7.08. The number of rotatable bonds is 5. The SMILES string of the molecule is Cc1csc(NS(=O)(=O)c2ccc(OC(C)C)cc2)n1. The molecule has 1 heterocycles. The summed E-state index contributed by atoms with van der Waals surface area (Å²) < 4.78 is 32.3. The Morgan fingerprint density at radius 3 is 2.40 bits per heavy atom. The molecule has 2 aromatic rings. The van der Waals surface area contributed by atoms with Crippen LogP contribution in [-0.2, 0) is 10.0 Å². The number of sulfonamides is 1. The Morgan fingerprint density at radius 2 is 1.90 bits per heavy atom. The van der Waals surface area contributed by atoms with Crippen molar-refractivity contribution in [3.05, 3.63) is 35.3 Å². The number of benzene rings is 1. The van der Waals surface area contributed by atoms with Gasteiger partial charge in [0, 0.05) is 5.38 Å². The largest absolute Gasteiger partial charge is 0.491 e. The fraction of sp³-hybridized carbons (Fsp3) is 0.308. The molecule has 1 aromatic heterocycles. The van der Waals surface area contributed by atoms with Gasteiger partial charge in [-0.15, -0.1) is 11.3 Å². The first-order valence-electron chi connectivity index (χ1n) is 6.08. The van der Waals surface area contributed by atoms with E-state index in [1.165, 1.54) is 23.5 Å². The van der Waals surface area contributed by atoms with Crippen LogP contribution in [0.3, 0.4) is 0 Å². The third kappa shape index (κ3) is 3.71. The van der Waals surface area contributed by atoms with E-state index in [4.69, 9.17) is 4.74 Å². The Kier molecular flexibility index (Phi) is 4.29. The summed E-state index contributed by atoms with van der Waals surface area (Å²) in [4.78, 5) is 4.26. The van der Waals surface area contributed by atoms with Crippen molar-refractivity contribution in [2.24, 2.45) is 0 Å². The lowest BCUT2D eigenvalue weighted by Gasteiger charge is -2.10. The number of aryl methyl sites for hydroxylation is 1. The smallest absolute Gasteiger partial charge is 0.263 e. The monoisotopic (exact) mass is 312 g/mol. The van der Waals surface area contributed by atoms with Crippen molar-refractivity contribution in [1.29, 1.82) is 0 Å². The zero-order chi connectivity index (χ0) is 14.8. The lowest BCUT2D eigenvalue weighted by molar-refractivity contribution is 0.242. The molecule has 0 atom stereocenters. The maximum atomic E-state index is 12.2. The van der Waals surface area contributed by atoms with E-state index in [-0.39, 0.29) is 11.0 Å². The molecule has 0 saturated carbocycles. The van der Waals surface area contributed by atoms with Crippen molar-refractivity contribution >= 4 is 26.5 Å². The first-order valence-corrected chi connectivity index (χ1v) is 8.45. The number of ether oxygens (including phenoxy) is 1. The van der Waals surface area contributed by atoms with E-state index in [2.05, 4.69) is 9.71 Å². The van der Waals surface area contributed by atoms with Crippen molar-refractivity contribution in [3.63, 3.8) is 0 Å². The van der Waals surface area contributed by atoms with Crippen LogP contribution in [0, 0.1) is 6.92 Å². The molecule has 0 amide bonds. The van der Waals surface area contributed by atoms with Crippen LogP contribution in [0.5, 0.6) is 5.75 Å². The van der Waals surface area contributed by atoms with Gasteiger partial charge < -0.3 is 4.74 Å². The van der Waals surface area contributed by atoms with Crippen molar-refractivity contribution in [3.8, 4) is 5.75 Å². The Hall–Kier alpha value is -1.60. The van der Waals surface area contributed by atoms with E-state index in [0.717, 1.165) is 5.69 Å². The molecule has 1 aromatic carbocycles. The number of anilines is 1. The maximum Gasteiger partial charge on any atom is 0.263 e. The van der Waals surface area contributed by atoms with Crippen LogP contribution < -0.4 is 9.46 Å². The number of hydrogen-bond acceptors (Lipinski definition) is 5. The minimum absolute atomic E-state index is 0.0499. The Labute approximate surface area is 122 Å². The first kappa shape index (κ1) is 14.8. The predicted molar refractivity (Wildman–Crippen MR) is 79.9 cm³/mol. The average molecular weight is 312 g/mol. The number of aromatic nitrogens is 1. The standard InChI is InChI=1S/C13H16N2O3S2/c1-9(2)18-11-4-6-12(7-5-11)20(16,17)15-13-14-10(3)8-19-13/h4-9H,1-3H3,(H,14,15). The summed E-state index contributed by atoms with van der Waals surface area (Å²) in [6.07, 6.45) is 0.0499. The van der Waals surface area contributed by atoms with Crippen LogP contribution in [0.25, 0.3) is 0 Å². The Bertz CT molecular complexity index is 676. The van der Waals surface area contributed by atoms with E-state index in [1.54, 1.807) is 17.5 Å². The van der Waals surface area contributed by atoms with Crippen molar-refractivity contribution in [2.75, 3.05) is 4.72 Å². The van der Waals surface area contributed by atoms with E-state index in [0.29, 0.717) is 10.9 Å². The van der Waals surface area contributed by atoms with Gasteiger partial charge in [0.15, 0.2) is 5.13 Å². The molecular formula is C13H16N2O3S2. The number of thiazole rings is 1. The first-order chi connectivity index (χ1) is 9.37. The molecule has 0 aliphatic carbocycles. The summed E-state index contributed by atoms with van der Waals surface area (Å²) in [6, 6.07) is 6.31. The highest BCUT2D eigenvalue weighted by molar-refractivity contribution is 7.93. The molecule has 0 unspecified atom stereocenters. The molecule has 1 N–H and O–H groups in total. The molecule has 0 bridgehead atoms. The molecule has 0 aliphatic rings. The van der Waals surface area contributed by atoms with Gasteiger partial charge in [0.1, 0.15) is 5.75 Å². The van der Waals surface area contributed by atoms with Gasteiger partial charge in [-0.3, -0.25) is 4.72 Å². The topological polar surface area (TPSA) is 68.3 Å². The average Bonchev–Trinajstić information content (AvgIpc) is 2.74. The lowest BCUT2D eigenvalue weighted by Crippen LogP contribution is -2.13. The number of nitrogens with one attached hydrogen (secondary N) is 1. The molecule has 5 nitrogen and oxygen atoms in total. The van der Waals surface area contributed by atoms with Crippen LogP contribution in [0.4, 0.5) is 5.13 Å². The molecule has 108 valence electrons. The summed E-state index contributed by atoms with van der Waals surface area (Å²) >= 11 is 1.26. The Balaban J connectivity index is 2.17. The number of nitrogens with zero attached hydrogens (tertiary/aromatic N) is 1. The summed E-state index contributed by atoms with van der Waals surface area (Å²) in [6.45, 7) is 5.64. The molecule has 0 aliphatic heterocycles. The Morgan fingerprint density at radius 1 is 1.25 bits per heavy atom. The van der Waals surface area contributed by atoms with Crippen molar-refractivity contribution in [2.45, 2.75) is 31.8 Å². The van der Waals surface area contributed by atoms with Gasteiger partial charge in [-0.25, -0.2) is 13.4 Å². The lowest BCUT2D eigenvalue weighted by atomic mass is 10.3. The van der Waals surface area contributed by atoms with Gasteiger partial charge in [-0.2, -0.15) is 0 Å². The summed E-state index contributed by atoms with van der Waals surface area (Å²) in [7, 11) is -3.60. The summed E-state index contributed by atoms with van der Waals surface area (Å²) in [5.74, 6) is 0.643. The van der Waals surface area contributed by atoms with Crippen molar-refractivity contribution in [1.82, 2.24) is 4.98 Å². The minimum atomic E-state index is -3.60. The van der Waals surface area contributed by atoms with Gasteiger partial charge in [0.05, 0.1) is 16.7 Å². The summed E-state index contributed by atoms with van der Waals surface area (Å²) in [5.41, 5.74) is 0.786. The molecule has 0 radical (unpaired) electrons. The van der Waals surface area contributed by atoms with Gasteiger partial charge in [0.2, 0.25) is 0 Å². The molecule has 0 spiro atoms. The van der Waals surface area contributed by atoms with Gasteiger partial charge in [-0.05, 0) is 45.0 Å². The van der Waals surface area contributed by atoms with E-state index < -0.39 is 10.0 Å². The molecule has 0 saturated heterocycles. The molecule has 20 heavy (non-hydrogen) atoms. The third-order valence-corrected chi connectivity index (χ3v) is 4.71. The quantitative estimate of drug-likeness (QED) is 0.921. The van der Waals surface area contributed by atoms with Gasteiger partial charge >= 0.3 is 0 Å². The highest BCUT2D eigenvalue weighted by Gasteiger charge is 2.15. The zero-order valence-electron chi connectivity index (χ0n) is 11.5. The second-order valence-electron chi connectivity index (χ2n) is 4.54. The highest BCUT2D eigenvalue weighted by Crippen LogP contribution is 2.21. The molecule has 2 rings (SSSR count). The van der Waals surface area contributed by atoms with E-state index in [9.17, 15) is 8.42 Å². The fourth-order valence-electron chi connectivity index (χ4n) is 1.54. The highest BCUT2D eigenvalue weighted by atomic mass is 32.2. The van der Waals surface area contributed by atoms with Gasteiger partial charge in [0.25, 0.3) is 10.0 Å². The van der Waals surface area contributed by atoms with E-state index in [1.807, 2.05) is 20.8 Å². The van der Waals surface area contributed by atoms with Crippen LogP contribution in [0.15, 0.2) is 34.5 Å². The maximum absolute atomic E-state index is 12.2. The van der Waals surface area contributed by atoms with Crippen LogP contribution >= 0.6 is 11.3 Å². The molecular weight excluding hydrogens is 296 g/mol. The summed E-state index contributed by atoms with van der Waals surface area (Å²) in [5, 5.41) is 2.15. The molecule has 0 fully saturated rings. The predicted octanol–water partition coefficient (Wildman–Crippen LogP) is 3.04. The van der Waals surface area contributed by atoms with Crippen molar-refractivity contribution < 1.29 is 13.2 Å². The van der Waals surface area contributed by atoms with Crippen LogP contribution in [0.1, 0.15) is 19.5 Å².